The van der Waals surface area contributed by atoms with Crippen LogP contribution in [-0.4, -0.2) is 4.98 Å². The van der Waals surface area contributed by atoms with Crippen LogP contribution in [0.1, 0.15) is 50.7 Å². The van der Waals surface area contributed by atoms with Gasteiger partial charge in [0.2, 0.25) is 0 Å². The van der Waals surface area contributed by atoms with Crippen LogP contribution in [0.3, 0.4) is 0 Å². The Morgan fingerprint density at radius 2 is 1.56 bits per heavy atom. The fraction of sp³-hybridized carbons (Fsp3) is 0.353. The molecule has 0 saturated carbocycles. The topological polar surface area (TPSA) is 12.9 Å². The molecule has 0 radical (unpaired) electrons. The summed E-state index contributed by atoms with van der Waals surface area (Å²) < 4.78 is 0. The number of aromatic nitrogens is 1. The summed E-state index contributed by atoms with van der Waals surface area (Å²) in [5.41, 5.74) is 4.98. The van der Waals surface area contributed by atoms with Gasteiger partial charge in [0.1, 0.15) is 0 Å². The molecule has 0 aliphatic rings. The highest BCUT2D eigenvalue weighted by molar-refractivity contribution is 5.64. The average Bonchev–Trinajstić information content (AvgIpc) is 2.39. The van der Waals surface area contributed by atoms with E-state index < -0.39 is 0 Å². The van der Waals surface area contributed by atoms with Gasteiger partial charge in [-0.2, -0.15) is 0 Å². The van der Waals surface area contributed by atoms with Crippen molar-refractivity contribution in [3.63, 3.8) is 0 Å². The minimum atomic E-state index is 0.492. The average molecular weight is 239 g/mol. The van der Waals surface area contributed by atoms with Gasteiger partial charge in [0.25, 0.3) is 0 Å². The van der Waals surface area contributed by atoms with E-state index in [-0.39, 0.29) is 0 Å². The molecule has 0 aliphatic carbocycles. The Morgan fingerprint density at radius 3 is 2.11 bits per heavy atom. The molecule has 2 aromatic rings. The van der Waals surface area contributed by atoms with Crippen LogP contribution in [0.5, 0.6) is 0 Å². The van der Waals surface area contributed by atoms with Gasteiger partial charge in [-0.05, 0) is 23.0 Å². The van der Waals surface area contributed by atoms with E-state index in [9.17, 15) is 0 Å². The van der Waals surface area contributed by atoms with Gasteiger partial charge >= 0.3 is 0 Å². The van der Waals surface area contributed by atoms with Crippen molar-refractivity contribution in [2.75, 3.05) is 0 Å². The first-order chi connectivity index (χ1) is 8.59. The Morgan fingerprint density at radius 1 is 0.889 bits per heavy atom. The highest BCUT2D eigenvalue weighted by Crippen LogP contribution is 2.29. The molecule has 0 amide bonds. The van der Waals surface area contributed by atoms with Crippen molar-refractivity contribution in [3.05, 3.63) is 53.7 Å². The fourth-order valence-corrected chi connectivity index (χ4v) is 2.09. The third kappa shape index (κ3) is 2.61. The molecule has 0 saturated heterocycles. The largest absolute Gasteiger partial charge is 0.256 e. The van der Waals surface area contributed by atoms with Crippen molar-refractivity contribution in [1.29, 1.82) is 0 Å². The lowest BCUT2D eigenvalue weighted by molar-refractivity contribution is 0.823. The lowest BCUT2D eigenvalue weighted by atomic mass is 9.93. The number of rotatable bonds is 3. The Kier molecular flexibility index (Phi) is 3.81. The van der Waals surface area contributed by atoms with E-state index >= 15 is 0 Å². The van der Waals surface area contributed by atoms with E-state index in [4.69, 9.17) is 4.98 Å². The van der Waals surface area contributed by atoms with Crippen LogP contribution in [0.25, 0.3) is 11.3 Å². The maximum Gasteiger partial charge on any atom is 0.0736 e. The first-order valence-electron chi connectivity index (χ1n) is 6.65. The highest BCUT2D eigenvalue weighted by Gasteiger charge is 2.12. The first kappa shape index (κ1) is 12.8. The van der Waals surface area contributed by atoms with Gasteiger partial charge in [-0.1, -0.05) is 64.1 Å². The summed E-state index contributed by atoms with van der Waals surface area (Å²) in [4.78, 5) is 4.69. The standard InChI is InChI=1S/C17H21N/c1-12(2)15-10-16(13(3)4)17(18-11-15)14-8-6-5-7-9-14/h5-13H,1-4H3. The van der Waals surface area contributed by atoms with E-state index in [1.165, 1.54) is 16.7 Å². The molecular weight excluding hydrogens is 218 g/mol. The van der Waals surface area contributed by atoms with Crippen LogP contribution in [-0.2, 0) is 0 Å². The van der Waals surface area contributed by atoms with E-state index in [1.807, 2.05) is 12.3 Å². The van der Waals surface area contributed by atoms with Crippen molar-refractivity contribution < 1.29 is 0 Å². The molecular formula is C17H21N. The molecule has 1 aromatic carbocycles. The summed E-state index contributed by atoms with van der Waals surface area (Å²) in [5, 5.41) is 0. The molecule has 0 atom stereocenters. The highest BCUT2D eigenvalue weighted by atomic mass is 14.7. The van der Waals surface area contributed by atoms with Gasteiger partial charge in [0.05, 0.1) is 5.69 Å². The van der Waals surface area contributed by atoms with E-state index in [2.05, 4.69) is 58.0 Å². The molecule has 0 bridgehead atoms. The fourth-order valence-electron chi connectivity index (χ4n) is 2.09. The molecule has 0 aliphatic heterocycles. The molecule has 2 rings (SSSR count). The zero-order chi connectivity index (χ0) is 13.1. The number of hydrogen-bond donors (Lipinski definition) is 0. The van der Waals surface area contributed by atoms with Gasteiger partial charge in [0, 0.05) is 11.8 Å². The van der Waals surface area contributed by atoms with E-state index in [0.29, 0.717) is 11.8 Å². The van der Waals surface area contributed by atoms with E-state index in [0.717, 1.165) is 5.69 Å². The lowest BCUT2D eigenvalue weighted by Gasteiger charge is -2.15. The number of pyridine rings is 1. The second-order valence-electron chi connectivity index (χ2n) is 5.38. The molecule has 0 unspecified atom stereocenters. The summed E-state index contributed by atoms with van der Waals surface area (Å²) in [6, 6.07) is 12.7. The van der Waals surface area contributed by atoms with Gasteiger partial charge in [-0.15, -0.1) is 0 Å². The Hall–Kier alpha value is -1.63. The van der Waals surface area contributed by atoms with Crippen molar-refractivity contribution in [2.45, 2.75) is 39.5 Å². The molecule has 1 heterocycles. The predicted octanol–water partition coefficient (Wildman–Crippen LogP) is 5.00. The Balaban J connectivity index is 2.54. The molecule has 0 spiro atoms. The van der Waals surface area contributed by atoms with Crippen molar-refractivity contribution in [2.24, 2.45) is 0 Å². The van der Waals surface area contributed by atoms with Crippen LogP contribution < -0.4 is 0 Å². The second-order valence-corrected chi connectivity index (χ2v) is 5.38. The normalized spacial score (nSPS) is 11.2. The minimum Gasteiger partial charge on any atom is -0.256 e. The molecule has 18 heavy (non-hydrogen) atoms. The molecule has 0 fully saturated rings. The van der Waals surface area contributed by atoms with Crippen LogP contribution in [0.4, 0.5) is 0 Å². The third-order valence-corrected chi connectivity index (χ3v) is 3.27. The number of benzene rings is 1. The maximum atomic E-state index is 4.69. The van der Waals surface area contributed by atoms with Gasteiger partial charge < -0.3 is 0 Å². The van der Waals surface area contributed by atoms with Crippen molar-refractivity contribution in [1.82, 2.24) is 4.98 Å². The zero-order valence-electron chi connectivity index (χ0n) is 11.6. The van der Waals surface area contributed by atoms with E-state index in [1.54, 1.807) is 0 Å². The molecule has 1 nitrogen and oxygen atoms in total. The summed E-state index contributed by atoms with van der Waals surface area (Å²) >= 11 is 0. The maximum absolute atomic E-state index is 4.69. The van der Waals surface area contributed by atoms with Crippen LogP contribution in [0, 0.1) is 0 Å². The number of nitrogens with zero attached hydrogens (tertiary/aromatic N) is 1. The zero-order valence-corrected chi connectivity index (χ0v) is 11.6. The molecule has 1 heteroatoms. The predicted molar refractivity (Wildman–Crippen MR) is 77.9 cm³/mol. The SMILES string of the molecule is CC(C)c1cnc(-c2ccccc2)c(C(C)C)c1. The van der Waals surface area contributed by atoms with Crippen molar-refractivity contribution >= 4 is 0 Å². The first-order valence-corrected chi connectivity index (χ1v) is 6.65. The minimum absolute atomic E-state index is 0.492. The third-order valence-electron chi connectivity index (χ3n) is 3.27. The van der Waals surface area contributed by atoms with Gasteiger partial charge in [-0.3, -0.25) is 4.98 Å². The van der Waals surface area contributed by atoms with Gasteiger partial charge in [0.15, 0.2) is 0 Å². The summed E-state index contributed by atoms with van der Waals surface area (Å²) in [6.45, 7) is 8.88. The molecule has 1 aromatic heterocycles. The summed E-state index contributed by atoms with van der Waals surface area (Å²) in [6.07, 6.45) is 2.01. The van der Waals surface area contributed by atoms with Gasteiger partial charge in [-0.25, -0.2) is 0 Å². The monoisotopic (exact) mass is 239 g/mol. The van der Waals surface area contributed by atoms with Crippen molar-refractivity contribution in [3.8, 4) is 11.3 Å². The summed E-state index contributed by atoms with van der Waals surface area (Å²) in [7, 11) is 0. The molecule has 94 valence electrons. The second kappa shape index (κ2) is 5.34. The Labute approximate surface area is 110 Å². The van der Waals surface area contributed by atoms with Crippen LogP contribution in [0.15, 0.2) is 42.6 Å². The lowest BCUT2D eigenvalue weighted by Crippen LogP contribution is -1.99. The molecule has 0 N–H and O–H groups in total. The quantitative estimate of drug-likeness (QED) is 0.735. The Bertz CT molecular complexity index is 512. The van der Waals surface area contributed by atoms with Crippen LogP contribution >= 0.6 is 0 Å². The van der Waals surface area contributed by atoms with Crippen LogP contribution in [0.2, 0.25) is 0 Å². The number of hydrogen-bond acceptors (Lipinski definition) is 1. The summed E-state index contributed by atoms with van der Waals surface area (Å²) in [5.74, 6) is 1.02. The smallest absolute Gasteiger partial charge is 0.0736 e.